The summed E-state index contributed by atoms with van der Waals surface area (Å²) < 4.78 is 3.26. The molecular weight excluding hydrogens is 302 g/mol. The van der Waals surface area contributed by atoms with Crippen molar-refractivity contribution in [3.05, 3.63) is 46.5 Å². The minimum atomic E-state index is 0.320. The lowest BCUT2D eigenvalue weighted by atomic mass is 10.1. The first-order valence-electron chi connectivity index (χ1n) is 6.72. The molecule has 1 atom stereocenters. The second-order valence-electron chi connectivity index (χ2n) is 4.55. The standard InChI is InChI=1S/C15H20BrN3/c1-4-15-18-8-9-19(15)14-10-12(16)6-7-13(14)11(3)17-5-2/h6-11,17H,4-5H2,1-3H3. The van der Waals surface area contributed by atoms with Crippen LogP contribution in [0.2, 0.25) is 0 Å². The predicted octanol–water partition coefficient (Wildman–Crippen LogP) is 3.87. The fourth-order valence-electron chi connectivity index (χ4n) is 2.32. The Bertz CT molecular complexity index is 548. The number of aromatic nitrogens is 2. The fourth-order valence-corrected chi connectivity index (χ4v) is 2.67. The van der Waals surface area contributed by atoms with E-state index in [0.717, 1.165) is 23.3 Å². The molecule has 0 aliphatic heterocycles. The zero-order valence-electron chi connectivity index (χ0n) is 11.7. The first-order valence-corrected chi connectivity index (χ1v) is 7.52. The molecular formula is C15H20BrN3. The molecule has 0 fully saturated rings. The summed E-state index contributed by atoms with van der Waals surface area (Å²) in [5.74, 6) is 1.09. The smallest absolute Gasteiger partial charge is 0.112 e. The van der Waals surface area contributed by atoms with Crippen molar-refractivity contribution in [3.8, 4) is 5.69 Å². The number of nitrogens with one attached hydrogen (secondary N) is 1. The molecule has 102 valence electrons. The summed E-state index contributed by atoms with van der Waals surface area (Å²) >= 11 is 3.56. The third kappa shape index (κ3) is 3.07. The number of nitrogens with zero attached hydrogens (tertiary/aromatic N) is 2. The average molecular weight is 322 g/mol. The molecule has 1 heterocycles. The van der Waals surface area contributed by atoms with Gasteiger partial charge < -0.3 is 9.88 Å². The molecule has 3 nitrogen and oxygen atoms in total. The second-order valence-corrected chi connectivity index (χ2v) is 5.47. The van der Waals surface area contributed by atoms with E-state index in [1.165, 1.54) is 11.3 Å². The number of hydrogen-bond donors (Lipinski definition) is 1. The number of benzene rings is 1. The van der Waals surface area contributed by atoms with Crippen LogP contribution in [0.25, 0.3) is 5.69 Å². The maximum Gasteiger partial charge on any atom is 0.112 e. The van der Waals surface area contributed by atoms with E-state index in [1.807, 2.05) is 12.4 Å². The van der Waals surface area contributed by atoms with E-state index < -0.39 is 0 Å². The van der Waals surface area contributed by atoms with Gasteiger partial charge in [0.2, 0.25) is 0 Å². The van der Waals surface area contributed by atoms with Gasteiger partial charge in [0.1, 0.15) is 5.82 Å². The van der Waals surface area contributed by atoms with Crippen LogP contribution in [0.5, 0.6) is 0 Å². The Morgan fingerprint density at radius 2 is 2.16 bits per heavy atom. The SMILES string of the molecule is CCNC(C)c1ccc(Br)cc1-n1ccnc1CC. The van der Waals surface area contributed by atoms with Crippen molar-refractivity contribution in [1.29, 1.82) is 0 Å². The minimum absolute atomic E-state index is 0.320. The van der Waals surface area contributed by atoms with Crippen molar-refractivity contribution < 1.29 is 0 Å². The number of rotatable bonds is 5. The molecule has 0 saturated carbocycles. The van der Waals surface area contributed by atoms with Crippen molar-refractivity contribution in [2.75, 3.05) is 6.54 Å². The molecule has 2 rings (SSSR count). The molecule has 1 unspecified atom stereocenters. The number of halogens is 1. The van der Waals surface area contributed by atoms with Crippen LogP contribution >= 0.6 is 15.9 Å². The summed E-state index contributed by atoms with van der Waals surface area (Å²) in [6, 6.07) is 6.74. The third-order valence-corrected chi connectivity index (χ3v) is 3.76. The van der Waals surface area contributed by atoms with Crippen LogP contribution in [0.1, 0.15) is 38.2 Å². The van der Waals surface area contributed by atoms with Gasteiger partial charge in [-0.25, -0.2) is 4.98 Å². The summed E-state index contributed by atoms with van der Waals surface area (Å²) in [5.41, 5.74) is 2.48. The van der Waals surface area contributed by atoms with E-state index in [-0.39, 0.29) is 0 Å². The van der Waals surface area contributed by atoms with Gasteiger partial charge in [-0.2, -0.15) is 0 Å². The number of hydrogen-bond acceptors (Lipinski definition) is 2. The van der Waals surface area contributed by atoms with Gasteiger partial charge in [0, 0.05) is 29.3 Å². The van der Waals surface area contributed by atoms with Crippen LogP contribution in [0.3, 0.4) is 0 Å². The van der Waals surface area contributed by atoms with Gasteiger partial charge in [-0.3, -0.25) is 0 Å². The van der Waals surface area contributed by atoms with Crippen molar-refractivity contribution in [2.24, 2.45) is 0 Å². The zero-order chi connectivity index (χ0) is 13.8. The van der Waals surface area contributed by atoms with Gasteiger partial charge >= 0.3 is 0 Å². The monoisotopic (exact) mass is 321 g/mol. The third-order valence-electron chi connectivity index (χ3n) is 3.26. The Balaban J connectivity index is 2.51. The van der Waals surface area contributed by atoms with Crippen LogP contribution in [0.4, 0.5) is 0 Å². The lowest BCUT2D eigenvalue weighted by Gasteiger charge is -2.19. The van der Waals surface area contributed by atoms with E-state index in [4.69, 9.17) is 0 Å². The Morgan fingerprint density at radius 3 is 2.84 bits per heavy atom. The maximum absolute atomic E-state index is 4.41. The topological polar surface area (TPSA) is 29.9 Å². The molecule has 0 saturated heterocycles. The molecule has 0 spiro atoms. The average Bonchev–Trinajstić information content (AvgIpc) is 2.86. The molecule has 0 aliphatic carbocycles. The van der Waals surface area contributed by atoms with Crippen LogP contribution in [-0.4, -0.2) is 16.1 Å². The normalized spacial score (nSPS) is 12.6. The van der Waals surface area contributed by atoms with Crippen molar-refractivity contribution in [3.63, 3.8) is 0 Å². The lowest BCUT2D eigenvalue weighted by molar-refractivity contribution is 0.594. The van der Waals surface area contributed by atoms with E-state index >= 15 is 0 Å². The summed E-state index contributed by atoms with van der Waals surface area (Å²) in [4.78, 5) is 4.41. The summed E-state index contributed by atoms with van der Waals surface area (Å²) in [6.45, 7) is 7.41. The summed E-state index contributed by atoms with van der Waals surface area (Å²) in [5, 5.41) is 3.47. The van der Waals surface area contributed by atoms with E-state index in [9.17, 15) is 0 Å². The van der Waals surface area contributed by atoms with Crippen LogP contribution in [0.15, 0.2) is 35.1 Å². The zero-order valence-corrected chi connectivity index (χ0v) is 13.2. The Morgan fingerprint density at radius 1 is 1.37 bits per heavy atom. The number of aryl methyl sites for hydroxylation is 1. The van der Waals surface area contributed by atoms with E-state index in [1.54, 1.807) is 0 Å². The van der Waals surface area contributed by atoms with Crippen molar-refractivity contribution in [1.82, 2.24) is 14.9 Å². The highest BCUT2D eigenvalue weighted by atomic mass is 79.9. The molecule has 1 aromatic carbocycles. The Labute approximate surface area is 123 Å². The molecule has 1 aromatic heterocycles. The highest BCUT2D eigenvalue weighted by Crippen LogP contribution is 2.26. The number of imidazole rings is 1. The second kappa shape index (κ2) is 6.35. The quantitative estimate of drug-likeness (QED) is 0.906. The molecule has 4 heteroatoms. The molecule has 0 amide bonds. The van der Waals surface area contributed by atoms with Crippen LogP contribution < -0.4 is 5.32 Å². The fraction of sp³-hybridized carbons (Fsp3) is 0.400. The van der Waals surface area contributed by atoms with Crippen LogP contribution in [0, 0.1) is 0 Å². The van der Waals surface area contributed by atoms with Gasteiger partial charge in [0.15, 0.2) is 0 Å². The minimum Gasteiger partial charge on any atom is -0.310 e. The summed E-state index contributed by atoms with van der Waals surface area (Å²) in [6.07, 6.45) is 4.82. The molecule has 0 bridgehead atoms. The van der Waals surface area contributed by atoms with E-state index in [2.05, 4.69) is 69.8 Å². The Kier molecular flexibility index (Phi) is 4.77. The van der Waals surface area contributed by atoms with Gasteiger partial charge in [0.25, 0.3) is 0 Å². The van der Waals surface area contributed by atoms with Crippen LogP contribution in [-0.2, 0) is 6.42 Å². The van der Waals surface area contributed by atoms with Gasteiger partial charge in [-0.15, -0.1) is 0 Å². The van der Waals surface area contributed by atoms with Gasteiger partial charge in [-0.1, -0.05) is 35.8 Å². The highest BCUT2D eigenvalue weighted by Gasteiger charge is 2.13. The van der Waals surface area contributed by atoms with Gasteiger partial charge in [0.05, 0.1) is 5.69 Å². The molecule has 1 N–H and O–H groups in total. The first kappa shape index (κ1) is 14.3. The van der Waals surface area contributed by atoms with Crippen molar-refractivity contribution >= 4 is 15.9 Å². The molecule has 2 aromatic rings. The molecule has 19 heavy (non-hydrogen) atoms. The lowest BCUT2D eigenvalue weighted by Crippen LogP contribution is -2.19. The first-order chi connectivity index (χ1) is 9.17. The molecule has 0 radical (unpaired) electrons. The Hall–Kier alpha value is -1.13. The maximum atomic E-state index is 4.41. The summed E-state index contributed by atoms with van der Waals surface area (Å²) in [7, 11) is 0. The predicted molar refractivity (Wildman–Crippen MR) is 82.7 cm³/mol. The van der Waals surface area contributed by atoms with Gasteiger partial charge in [-0.05, 0) is 31.2 Å². The van der Waals surface area contributed by atoms with Crippen molar-refractivity contribution in [2.45, 2.75) is 33.2 Å². The molecule has 0 aliphatic rings. The van der Waals surface area contributed by atoms with E-state index in [0.29, 0.717) is 6.04 Å². The highest BCUT2D eigenvalue weighted by molar-refractivity contribution is 9.10. The largest absolute Gasteiger partial charge is 0.310 e.